The van der Waals surface area contributed by atoms with Crippen molar-refractivity contribution in [3.8, 4) is 0 Å². The van der Waals surface area contributed by atoms with Gasteiger partial charge in [0.25, 0.3) is 0 Å². The highest BCUT2D eigenvalue weighted by molar-refractivity contribution is 6.32. The van der Waals surface area contributed by atoms with Crippen molar-refractivity contribution >= 4 is 28.9 Å². The van der Waals surface area contributed by atoms with Crippen LogP contribution in [0.1, 0.15) is 12.0 Å². The van der Waals surface area contributed by atoms with Crippen LogP contribution in [-0.2, 0) is 10.6 Å². The van der Waals surface area contributed by atoms with Crippen LogP contribution in [0.15, 0.2) is 18.2 Å². The molecule has 0 N–H and O–H groups in total. The molecule has 2 aliphatic rings. The number of alkyl halides is 1. The molecule has 3 nitrogen and oxygen atoms in total. The molecule has 1 aromatic carbocycles. The van der Waals surface area contributed by atoms with E-state index in [0.29, 0.717) is 11.9 Å². The highest BCUT2D eigenvalue weighted by Gasteiger charge is 2.29. The fourth-order valence-corrected chi connectivity index (χ4v) is 3.76. The van der Waals surface area contributed by atoms with Crippen molar-refractivity contribution in [2.24, 2.45) is 0 Å². The summed E-state index contributed by atoms with van der Waals surface area (Å²) in [5.74, 6) is 0.466. The minimum Gasteiger partial charge on any atom is -0.379 e. The first-order chi connectivity index (χ1) is 9.79. The van der Waals surface area contributed by atoms with Gasteiger partial charge in [-0.05, 0) is 18.6 Å². The van der Waals surface area contributed by atoms with E-state index in [4.69, 9.17) is 27.9 Å². The fraction of sp³-hybridized carbons (Fsp3) is 0.600. The van der Waals surface area contributed by atoms with Gasteiger partial charge in [-0.3, -0.25) is 4.90 Å². The standard InChI is InChI=1S/C15H20Cl2N2O/c16-10-13-14(17)2-1-3-15(13)19-5-4-12(11-19)18-6-8-20-9-7-18/h1-3,12H,4-11H2. The van der Waals surface area contributed by atoms with E-state index < -0.39 is 0 Å². The van der Waals surface area contributed by atoms with E-state index in [9.17, 15) is 0 Å². The zero-order valence-corrected chi connectivity index (χ0v) is 13.0. The van der Waals surface area contributed by atoms with Gasteiger partial charge < -0.3 is 9.64 Å². The Morgan fingerprint density at radius 2 is 2.00 bits per heavy atom. The van der Waals surface area contributed by atoms with Crippen molar-refractivity contribution in [1.29, 1.82) is 0 Å². The van der Waals surface area contributed by atoms with E-state index in [0.717, 1.165) is 50.0 Å². The summed E-state index contributed by atoms with van der Waals surface area (Å²) >= 11 is 12.3. The third-order valence-corrected chi connectivity index (χ3v) is 4.92. The molecule has 0 amide bonds. The second kappa shape index (κ2) is 6.52. The van der Waals surface area contributed by atoms with Gasteiger partial charge in [0.2, 0.25) is 0 Å². The molecule has 20 heavy (non-hydrogen) atoms. The average Bonchev–Trinajstić information content (AvgIpc) is 2.97. The molecule has 0 radical (unpaired) electrons. The first-order valence-electron chi connectivity index (χ1n) is 7.19. The second-order valence-corrected chi connectivity index (χ2v) is 6.08. The lowest BCUT2D eigenvalue weighted by Crippen LogP contribution is -2.44. The van der Waals surface area contributed by atoms with Gasteiger partial charge >= 0.3 is 0 Å². The van der Waals surface area contributed by atoms with Crippen LogP contribution in [0.25, 0.3) is 0 Å². The Morgan fingerprint density at radius 3 is 2.75 bits per heavy atom. The number of anilines is 1. The Morgan fingerprint density at radius 1 is 1.20 bits per heavy atom. The highest BCUT2D eigenvalue weighted by Crippen LogP contribution is 2.32. The van der Waals surface area contributed by atoms with Gasteiger partial charge in [0.15, 0.2) is 0 Å². The minimum atomic E-state index is 0.466. The number of rotatable bonds is 3. The zero-order chi connectivity index (χ0) is 13.9. The molecule has 5 heteroatoms. The lowest BCUT2D eigenvalue weighted by atomic mass is 10.2. The largest absolute Gasteiger partial charge is 0.379 e. The van der Waals surface area contributed by atoms with Crippen LogP contribution < -0.4 is 4.90 Å². The van der Waals surface area contributed by atoms with Gasteiger partial charge in [-0.15, -0.1) is 11.6 Å². The molecule has 0 bridgehead atoms. The summed E-state index contributed by atoms with van der Waals surface area (Å²) in [5, 5.41) is 0.771. The van der Waals surface area contributed by atoms with Crippen molar-refractivity contribution in [2.75, 3.05) is 44.3 Å². The first-order valence-corrected chi connectivity index (χ1v) is 8.11. The lowest BCUT2D eigenvalue weighted by Gasteiger charge is -2.32. The maximum atomic E-state index is 6.25. The van der Waals surface area contributed by atoms with Gasteiger partial charge in [-0.2, -0.15) is 0 Å². The van der Waals surface area contributed by atoms with Gasteiger partial charge in [-0.1, -0.05) is 17.7 Å². The number of halogens is 2. The van der Waals surface area contributed by atoms with E-state index in [2.05, 4.69) is 15.9 Å². The van der Waals surface area contributed by atoms with Crippen LogP contribution in [0, 0.1) is 0 Å². The number of nitrogens with zero attached hydrogens (tertiary/aromatic N) is 2. The van der Waals surface area contributed by atoms with Crippen molar-refractivity contribution < 1.29 is 4.74 Å². The molecular formula is C15H20Cl2N2O. The quantitative estimate of drug-likeness (QED) is 0.798. The molecule has 0 spiro atoms. The normalized spacial score (nSPS) is 24.3. The van der Waals surface area contributed by atoms with Gasteiger partial charge in [0.1, 0.15) is 0 Å². The lowest BCUT2D eigenvalue weighted by molar-refractivity contribution is 0.0209. The predicted octanol–water partition coefficient (Wildman–Crippen LogP) is 2.99. The summed E-state index contributed by atoms with van der Waals surface area (Å²) < 4.78 is 5.43. The predicted molar refractivity (Wildman–Crippen MR) is 84.0 cm³/mol. The summed E-state index contributed by atoms with van der Waals surface area (Å²) in [5.41, 5.74) is 2.25. The van der Waals surface area contributed by atoms with Crippen molar-refractivity contribution in [2.45, 2.75) is 18.3 Å². The van der Waals surface area contributed by atoms with E-state index in [1.54, 1.807) is 0 Å². The molecule has 1 aromatic rings. The Kier molecular flexibility index (Phi) is 4.72. The highest BCUT2D eigenvalue weighted by atomic mass is 35.5. The molecule has 2 fully saturated rings. The summed E-state index contributed by atoms with van der Waals surface area (Å²) in [6.07, 6.45) is 1.20. The van der Waals surface area contributed by atoms with E-state index >= 15 is 0 Å². The van der Waals surface area contributed by atoms with Crippen LogP contribution in [0.2, 0.25) is 5.02 Å². The summed E-state index contributed by atoms with van der Waals surface area (Å²) in [6.45, 7) is 5.96. The number of hydrogen-bond acceptors (Lipinski definition) is 3. The molecule has 110 valence electrons. The monoisotopic (exact) mass is 314 g/mol. The average molecular weight is 315 g/mol. The molecule has 0 saturated carbocycles. The third-order valence-electron chi connectivity index (χ3n) is 4.29. The SMILES string of the molecule is ClCc1c(Cl)cccc1N1CCC(N2CCOCC2)C1. The number of morpholine rings is 1. The maximum Gasteiger partial charge on any atom is 0.0594 e. The summed E-state index contributed by atoms with van der Waals surface area (Å²) in [6, 6.07) is 6.68. The molecule has 0 aliphatic carbocycles. The van der Waals surface area contributed by atoms with Crippen LogP contribution in [-0.4, -0.2) is 50.3 Å². The number of ether oxygens (including phenoxy) is 1. The van der Waals surface area contributed by atoms with Crippen molar-refractivity contribution in [3.63, 3.8) is 0 Å². The number of benzene rings is 1. The molecule has 0 aromatic heterocycles. The Balaban J connectivity index is 1.72. The van der Waals surface area contributed by atoms with Gasteiger partial charge in [-0.25, -0.2) is 0 Å². The summed E-state index contributed by atoms with van der Waals surface area (Å²) in [7, 11) is 0. The topological polar surface area (TPSA) is 15.7 Å². The number of hydrogen-bond donors (Lipinski definition) is 0. The smallest absolute Gasteiger partial charge is 0.0594 e. The van der Waals surface area contributed by atoms with E-state index in [-0.39, 0.29) is 0 Å². The maximum absolute atomic E-state index is 6.25. The summed E-state index contributed by atoms with van der Waals surface area (Å²) in [4.78, 5) is 4.97. The van der Waals surface area contributed by atoms with Crippen LogP contribution >= 0.6 is 23.2 Å². The van der Waals surface area contributed by atoms with Gasteiger partial charge in [0.05, 0.1) is 19.1 Å². The third kappa shape index (κ3) is 2.91. The van der Waals surface area contributed by atoms with E-state index in [1.165, 1.54) is 12.1 Å². The molecule has 1 atom stereocenters. The van der Waals surface area contributed by atoms with Crippen LogP contribution in [0.4, 0.5) is 5.69 Å². The van der Waals surface area contributed by atoms with E-state index in [1.807, 2.05) is 12.1 Å². The zero-order valence-electron chi connectivity index (χ0n) is 11.5. The molecular weight excluding hydrogens is 295 g/mol. The Hall–Kier alpha value is -0.480. The first kappa shape index (κ1) is 14.5. The fourth-order valence-electron chi connectivity index (χ4n) is 3.18. The molecule has 1 unspecified atom stereocenters. The van der Waals surface area contributed by atoms with Gasteiger partial charge in [0, 0.05) is 48.5 Å². The van der Waals surface area contributed by atoms with Crippen LogP contribution in [0.3, 0.4) is 0 Å². The molecule has 3 rings (SSSR count). The Labute approximate surface area is 130 Å². The van der Waals surface area contributed by atoms with Crippen molar-refractivity contribution in [1.82, 2.24) is 4.90 Å². The minimum absolute atomic E-state index is 0.466. The van der Waals surface area contributed by atoms with Crippen molar-refractivity contribution in [3.05, 3.63) is 28.8 Å². The van der Waals surface area contributed by atoms with Crippen LogP contribution in [0.5, 0.6) is 0 Å². The molecule has 2 heterocycles. The molecule has 2 aliphatic heterocycles. The second-order valence-electron chi connectivity index (χ2n) is 5.41. The molecule has 2 saturated heterocycles. The Bertz CT molecular complexity index is 463.